The van der Waals surface area contributed by atoms with Crippen molar-refractivity contribution in [1.82, 2.24) is 0 Å². The van der Waals surface area contributed by atoms with E-state index in [-0.39, 0.29) is 23.0 Å². The molecule has 0 aromatic rings. The number of hydrogen-bond donors (Lipinski definition) is 1. The molecule has 0 radical (unpaired) electrons. The second-order valence-corrected chi connectivity index (χ2v) is 6.79. The zero-order chi connectivity index (χ0) is 13.7. The van der Waals surface area contributed by atoms with Crippen molar-refractivity contribution in [2.75, 3.05) is 7.11 Å². The van der Waals surface area contributed by atoms with Gasteiger partial charge in [-0.15, -0.1) is 0 Å². The van der Waals surface area contributed by atoms with Gasteiger partial charge in [-0.25, -0.2) is 0 Å². The summed E-state index contributed by atoms with van der Waals surface area (Å²) in [5, 5.41) is 10.7. The third-order valence-electron chi connectivity index (χ3n) is 4.71. The fourth-order valence-electron chi connectivity index (χ4n) is 4.00. The van der Waals surface area contributed by atoms with Crippen LogP contribution >= 0.6 is 0 Å². The first kappa shape index (κ1) is 13.5. The summed E-state index contributed by atoms with van der Waals surface area (Å²) >= 11 is 0. The Labute approximate surface area is 108 Å². The molecule has 2 saturated carbocycles. The number of carbonyl (C=O) groups excluding carboxylic acids is 2. The highest BCUT2D eigenvalue weighted by molar-refractivity contribution is 6.01. The maximum Gasteiger partial charge on any atom is 0.319 e. The number of ether oxygens (including phenoxy) is 1. The van der Waals surface area contributed by atoms with E-state index in [9.17, 15) is 14.7 Å². The predicted octanol–water partition coefficient (Wildman–Crippen LogP) is 1.55. The van der Waals surface area contributed by atoms with E-state index in [2.05, 4.69) is 18.6 Å². The van der Waals surface area contributed by atoms with Gasteiger partial charge >= 0.3 is 5.97 Å². The zero-order valence-electron chi connectivity index (χ0n) is 11.5. The third-order valence-corrected chi connectivity index (χ3v) is 4.71. The summed E-state index contributed by atoms with van der Waals surface area (Å²) in [6.07, 6.45) is 2.18. The van der Waals surface area contributed by atoms with E-state index in [4.69, 9.17) is 0 Å². The number of aliphatic hydroxyl groups is 1. The molecule has 2 unspecified atom stereocenters. The van der Waals surface area contributed by atoms with Gasteiger partial charge in [0.25, 0.3) is 0 Å². The van der Waals surface area contributed by atoms with Crippen molar-refractivity contribution >= 4 is 11.8 Å². The molecule has 4 atom stereocenters. The molecule has 102 valence electrons. The highest BCUT2D eigenvalue weighted by Gasteiger charge is 2.59. The van der Waals surface area contributed by atoms with Crippen molar-refractivity contribution in [1.29, 1.82) is 0 Å². The molecule has 0 bridgehead atoms. The Bertz CT molecular complexity index is 383. The molecular weight excluding hydrogens is 232 g/mol. The van der Waals surface area contributed by atoms with Crippen LogP contribution in [-0.4, -0.2) is 29.6 Å². The average molecular weight is 254 g/mol. The Morgan fingerprint density at radius 3 is 2.50 bits per heavy atom. The fraction of sp³-hybridized carbons (Fsp3) is 0.857. The van der Waals surface area contributed by atoms with Gasteiger partial charge in [0.2, 0.25) is 0 Å². The zero-order valence-corrected chi connectivity index (χ0v) is 11.5. The normalized spacial score (nSPS) is 42.5. The summed E-state index contributed by atoms with van der Waals surface area (Å²) in [4.78, 5) is 23.8. The monoisotopic (exact) mass is 254 g/mol. The number of rotatable bonds is 1. The first-order valence-corrected chi connectivity index (χ1v) is 6.52. The maximum atomic E-state index is 12.1. The van der Waals surface area contributed by atoms with Crippen LogP contribution < -0.4 is 0 Å². The lowest BCUT2D eigenvalue weighted by Gasteiger charge is -2.42. The highest BCUT2D eigenvalue weighted by atomic mass is 16.5. The molecule has 2 aliphatic carbocycles. The second-order valence-electron chi connectivity index (χ2n) is 6.79. The van der Waals surface area contributed by atoms with Gasteiger partial charge in [-0.1, -0.05) is 13.8 Å². The quantitative estimate of drug-likeness (QED) is 0.569. The smallest absolute Gasteiger partial charge is 0.319 e. The maximum absolute atomic E-state index is 12.1. The van der Waals surface area contributed by atoms with Crippen LogP contribution in [0.25, 0.3) is 0 Å². The molecule has 2 rings (SSSR count). The van der Waals surface area contributed by atoms with Crippen LogP contribution in [0.15, 0.2) is 0 Å². The van der Waals surface area contributed by atoms with Gasteiger partial charge in [0.1, 0.15) is 11.7 Å². The molecule has 4 heteroatoms. The van der Waals surface area contributed by atoms with Crippen molar-refractivity contribution in [3.63, 3.8) is 0 Å². The van der Waals surface area contributed by atoms with Gasteiger partial charge in [0, 0.05) is 6.42 Å². The number of carbonyl (C=O) groups is 2. The summed E-state index contributed by atoms with van der Waals surface area (Å²) in [7, 11) is 1.26. The SMILES string of the molecule is COC(=O)C1C(=O)C[C@@H]2CC(C)(C)C[C@@H]2C1(C)O. The lowest BCUT2D eigenvalue weighted by molar-refractivity contribution is -0.171. The van der Waals surface area contributed by atoms with E-state index in [1.807, 2.05) is 0 Å². The number of fused-ring (bicyclic) bond motifs is 1. The molecule has 18 heavy (non-hydrogen) atoms. The van der Waals surface area contributed by atoms with E-state index in [0.29, 0.717) is 6.42 Å². The highest BCUT2D eigenvalue weighted by Crippen LogP contribution is 2.55. The summed E-state index contributed by atoms with van der Waals surface area (Å²) in [6, 6.07) is 0. The Hall–Kier alpha value is -0.900. The molecule has 0 amide bonds. The van der Waals surface area contributed by atoms with E-state index in [0.717, 1.165) is 12.8 Å². The minimum Gasteiger partial charge on any atom is -0.468 e. The first-order valence-electron chi connectivity index (χ1n) is 6.52. The van der Waals surface area contributed by atoms with E-state index in [1.54, 1.807) is 6.92 Å². The lowest BCUT2D eigenvalue weighted by atomic mass is 9.65. The fourth-order valence-corrected chi connectivity index (χ4v) is 4.00. The minimum absolute atomic E-state index is 0.00861. The lowest BCUT2D eigenvalue weighted by Crippen LogP contribution is -2.55. The van der Waals surface area contributed by atoms with E-state index in [1.165, 1.54) is 7.11 Å². The topological polar surface area (TPSA) is 63.6 Å². The van der Waals surface area contributed by atoms with Crippen LogP contribution in [0.3, 0.4) is 0 Å². The molecule has 2 fully saturated rings. The third kappa shape index (κ3) is 1.96. The van der Waals surface area contributed by atoms with Crippen molar-refractivity contribution in [2.45, 2.75) is 45.6 Å². The van der Waals surface area contributed by atoms with Crippen molar-refractivity contribution in [3.05, 3.63) is 0 Å². The largest absolute Gasteiger partial charge is 0.468 e. The number of hydrogen-bond acceptors (Lipinski definition) is 4. The summed E-state index contributed by atoms with van der Waals surface area (Å²) in [5.41, 5.74) is -1.15. The van der Waals surface area contributed by atoms with Gasteiger partial charge < -0.3 is 9.84 Å². The van der Waals surface area contributed by atoms with Gasteiger partial charge in [-0.2, -0.15) is 0 Å². The molecular formula is C14H22O4. The number of esters is 1. The van der Waals surface area contributed by atoms with Crippen LogP contribution in [0.4, 0.5) is 0 Å². The van der Waals surface area contributed by atoms with Crippen LogP contribution in [0, 0.1) is 23.2 Å². The Balaban J connectivity index is 2.33. The van der Waals surface area contributed by atoms with Gasteiger partial charge in [-0.3, -0.25) is 9.59 Å². The van der Waals surface area contributed by atoms with Gasteiger partial charge in [0.05, 0.1) is 12.7 Å². The number of ketones is 1. The molecule has 0 spiro atoms. The number of methoxy groups -OCH3 is 1. The first-order chi connectivity index (χ1) is 8.19. The molecule has 0 aromatic carbocycles. The van der Waals surface area contributed by atoms with Crippen molar-refractivity contribution < 1.29 is 19.4 Å². The minimum atomic E-state index is -1.28. The van der Waals surface area contributed by atoms with Crippen LogP contribution in [0.1, 0.15) is 40.0 Å². The summed E-state index contributed by atoms with van der Waals surface area (Å²) in [6.45, 7) is 5.92. The Morgan fingerprint density at radius 2 is 1.94 bits per heavy atom. The Kier molecular flexibility index (Phi) is 3.05. The predicted molar refractivity (Wildman–Crippen MR) is 65.7 cm³/mol. The Morgan fingerprint density at radius 1 is 1.33 bits per heavy atom. The second kappa shape index (κ2) is 4.05. The number of Topliss-reactive ketones (excluding diaryl/α,β-unsaturated/α-hetero) is 1. The van der Waals surface area contributed by atoms with Crippen LogP contribution in [0.5, 0.6) is 0 Å². The summed E-state index contributed by atoms with van der Waals surface area (Å²) < 4.78 is 4.68. The molecule has 0 heterocycles. The standard InChI is InChI=1S/C14H22O4/c1-13(2)6-8-5-10(15)11(12(16)18-4)14(3,17)9(8)7-13/h8-9,11,17H,5-7H2,1-4H3/t8-,9+,11?,14?/m1/s1. The van der Waals surface area contributed by atoms with Crippen LogP contribution in [-0.2, 0) is 14.3 Å². The van der Waals surface area contributed by atoms with E-state index < -0.39 is 17.5 Å². The van der Waals surface area contributed by atoms with E-state index >= 15 is 0 Å². The van der Waals surface area contributed by atoms with Gasteiger partial charge in [-0.05, 0) is 37.0 Å². The van der Waals surface area contributed by atoms with Gasteiger partial charge in [0.15, 0.2) is 0 Å². The van der Waals surface area contributed by atoms with Crippen molar-refractivity contribution in [3.8, 4) is 0 Å². The molecule has 2 aliphatic rings. The molecule has 0 aromatic heterocycles. The average Bonchev–Trinajstić information content (AvgIpc) is 2.52. The molecule has 0 saturated heterocycles. The summed E-state index contributed by atoms with van der Waals surface area (Å²) in [5.74, 6) is -1.59. The molecule has 0 aliphatic heterocycles. The molecule has 4 nitrogen and oxygen atoms in total. The van der Waals surface area contributed by atoms with Crippen LogP contribution in [0.2, 0.25) is 0 Å². The molecule has 1 N–H and O–H groups in total. The van der Waals surface area contributed by atoms with Crippen molar-refractivity contribution in [2.24, 2.45) is 23.2 Å².